The fraction of sp³-hybridized carbons (Fsp3) is 0.300. The number of rotatable bonds is 2. The first kappa shape index (κ1) is 21.5. The number of benzene rings is 3. The highest BCUT2D eigenvalue weighted by molar-refractivity contribution is 6.21. The number of Topliss-reactive ketones (excluding diaryl/α,β-unsaturated/α-hetero) is 1. The summed E-state index contributed by atoms with van der Waals surface area (Å²) in [5.74, 6) is -1.28. The molecule has 36 heavy (non-hydrogen) atoms. The quantitative estimate of drug-likeness (QED) is 0.539. The van der Waals surface area contributed by atoms with Crippen molar-refractivity contribution in [2.75, 3.05) is 17.2 Å². The third-order valence-electron chi connectivity index (χ3n) is 8.87. The van der Waals surface area contributed by atoms with Gasteiger partial charge < -0.3 is 10.6 Å². The topological polar surface area (TPSA) is 78.5 Å². The summed E-state index contributed by atoms with van der Waals surface area (Å²) in [4.78, 5) is 45.4. The van der Waals surface area contributed by atoms with E-state index in [0.717, 1.165) is 40.8 Å². The zero-order chi connectivity index (χ0) is 24.8. The molecule has 3 aromatic rings. The van der Waals surface area contributed by atoms with Gasteiger partial charge in [-0.15, -0.1) is 0 Å². The fourth-order valence-corrected chi connectivity index (χ4v) is 7.59. The number of fused-ring (bicyclic) bond motifs is 7. The van der Waals surface area contributed by atoms with Gasteiger partial charge in [0, 0.05) is 28.5 Å². The average molecular weight is 478 g/mol. The third kappa shape index (κ3) is 2.33. The molecule has 4 atom stereocenters. The van der Waals surface area contributed by atoms with Crippen LogP contribution in [0.15, 0.2) is 66.7 Å². The maximum Gasteiger partial charge on any atom is 0.251 e. The van der Waals surface area contributed by atoms with Crippen LogP contribution >= 0.6 is 0 Å². The van der Waals surface area contributed by atoms with Crippen molar-refractivity contribution in [2.45, 2.75) is 43.7 Å². The molecule has 0 bridgehead atoms. The molecule has 6 nitrogen and oxygen atoms in total. The van der Waals surface area contributed by atoms with Crippen molar-refractivity contribution in [2.24, 2.45) is 5.92 Å². The van der Waals surface area contributed by atoms with Crippen molar-refractivity contribution >= 4 is 29.0 Å². The highest BCUT2D eigenvalue weighted by Gasteiger charge is 2.81. The summed E-state index contributed by atoms with van der Waals surface area (Å²) in [6.07, 6.45) is 1.63. The number of hydrogen-bond acceptors (Lipinski definition) is 4. The Balaban J connectivity index is 1.59. The molecular formula is C30H27N3O3. The van der Waals surface area contributed by atoms with E-state index in [-0.39, 0.29) is 23.6 Å². The Morgan fingerprint density at radius 2 is 1.56 bits per heavy atom. The second kappa shape index (κ2) is 7.14. The van der Waals surface area contributed by atoms with Crippen molar-refractivity contribution in [1.29, 1.82) is 0 Å². The Morgan fingerprint density at radius 1 is 0.861 bits per heavy atom. The molecule has 2 amide bonds. The summed E-state index contributed by atoms with van der Waals surface area (Å²) in [6.45, 7) is 4.64. The van der Waals surface area contributed by atoms with Crippen LogP contribution in [0, 0.1) is 19.8 Å². The SMILES string of the molecule is Cc1ccc(C(=O)[C@@H]2[C@@H]3CCCN3[C@]3(C(=O)Nc4ccc(C)cc43)[C@@]23C(=O)Nc2ccccc23)cc1. The van der Waals surface area contributed by atoms with Crippen molar-refractivity contribution in [1.82, 2.24) is 4.90 Å². The molecule has 0 radical (unpaired) electrons. The normalized spacial score (nSPS) is 29.8. The van der Waals surface area contributed by atoms with E-state index in [0.29, 0.717) is 17.8 Å². The largest absolute Gasteiger partial charge is 0.325 e. The van der Waals surface area contributed by atoms with Crippen LogP contribution in [0.5, 0.6) is 0 Å². The molecule has 4 heterocycles. The summed E-state index contributed by atoms with van der Waals surface area (Å²) < 4.78 is 0. The number of carbonyl (C=O) groups excluding carboxylic acids is 3. The van der Waals surface area contributed by atoms with E-state index < -0.39 is 16.9 Å². The molecule has 2 saturated heterocycles. The lowest BCUT2D eigenvalue weighted by atomic mass is 9.57. The Labute approximate surface area is 209 Å². The van der Waals surface area contributed by atoms with Crippen molar-refractivity contribution in [3.8, 4) is 0 Å². The zero-order valence-corrected chi connectivity index (χ0v) is 20.3. The Bertz CT molecular complexity index is 1480. The monoisotopic (exact) mass is 477 g/mol. The van der Waals surface area contributed by atoms with Gasteiger partial charge in [-0.25, -0.2) is 0 Å². The highest BCUT2D eigenvalue weighted by Crippen LogP contribution is 2.67. The maximum atomic E-state index is 14.5. The van der Waals surface area contributed by atoms with Gasteiger partial charge in [0.1, 0.15) is 11.0 Å². The summed E-state index contributed by atoms with van der Waals surface area (Å²) in [6, 6.07) is 20.8. The zero-order valence-electron chi connectivity index (χ0n) is 20.3. The molecule has 0 aromatic heterocycles. The molecule has 2 fully saturated rings. The van der Waals surface area contributed by atoms with Crippen LogP contribution < -0.4 is 10.6 Å². The first-order valence-corrected chi connectivity index (χ1v) is 12.6. The van der Waals surface area contributed by atoms with Crippen LogP contribution in [0.2, 0.25) is 0 Å². The van der Waals surface area contributed by atoms with Gasteiger partial charge in [-0.3, -0.25) is 19.3 Å². The van der Waals surface area contributed by atoms with Crippen LogP contribution in [0.25, 0.3) is 0 Å². The predicted molar refractivity (Wildman–Crippen MR) is 137 cm³/mol. The average Bonchev–Trinajstić information content (AvgIpc) is 3.58. The predicted octanol–water partition coefficient (Wildman–Crippen LogP) is 4.32. The fourth-order valence-electron chi connectivity index (χ4n) is 7.59. The van der Waals surface area contributed by atoms with Crippen LogP contribution in [0.3, 0.4) is 0 Å². The Morgan fingerprint density at radius 3 is 2.36 bits per heavy atom. The molecule has 0 saturated carbocycles. The first-order valence-electron chi connectivity index (χ1n) is 12.6. The van der Waals surface area contributed by atoms with E-state index in [1.54, 1.807) is 0 Å². The summed E-state index contributed by atoms with van der Waals surface area (Å²) in [5.41, 5.74) is 2.89. The number of anilines is 2. The Kier molecular flexibility index (Phi) is 4.26. The van der Waals surface area contributed by atoms with Gasteiger partial charge in [-0.05, 0) is 50.9 Å². The maximum absolute atomic E-state index is 14.5. The van der Waals surface area contributed by atoms with Crippen LogP contribution in [-0.2, 0) is 20.5 Å². The number of nitrogens with zero attached hydrogens (tertiary/aromatic N) is 1. The smallest absolute Gasteiger partial charge is 0.251 e. The van der Waals surface area contributed by atoms with Crippen molar-refractivity contribution < 1.29 is 14.4 Å². The second-order valence-corrected chi connectivity index (χ2v) is 10.6. The number of para-hydroxylation sites is 1. The van der Waals surface area contributed by atoms with E-state index >= 15 is 0 Å². The highest BCUT2D eigenvalue weighted by atomic mass is 16.2. The summed E-state index contributed by atoms with van der Waals surface area (Å²) >= 11 is 0. The molecule has 0 unspecified atom stereocenters. The van der Waals surface area contributed by atoms with Crippen molar-refractivity contribution in [3.05, 3.63) is 94.5 Å². The molecule has 6 heteroatoms. The summed E-state index contributed by atoms with van der Waals surface area (Å²) in [5, 5.41) is 6.19. The van der Waals surface area contributed by atoms with Crippen LogP contribution in [0.1, 0.15) is 45.5 Å². The third-order valence-corrected chi connectivity index (χ3v) is 8.87. The van der Waals surface area contributed by atoms with E-state index in [1.807, 2.05) is 80.6 Å². The van der Waals surface area contributed by atoms with E-state index in [1.165, 1.54) is 0 Å². The lowest BCUT2D eigenvalue weighted by Crippen LogP contribution is -2.62. The molecule has 3 aromatic carbocycles. The number of carbonyl (C=O) groups is 3. The first-order chi connectivity index (χ1) is 17.4. The minimum atomic E-state index is -1.39. The Hall–Kier alpha value is -3.77. The van der Waals surface area contributed by atoms with Crippen LogP contribution in [0.4, 0.5) is 11.4 Å². The van der Waals surface area contributed by atoms with E-state index in [9.17, 15) is 14.4 Å². The number of nitrogens with one attached hydrogen (secondary N) is 2. The minimum absolute atomic E-state index is 0.0791. The molecule has 0 aliphatic carbocycles. The second-order valence-electron chi connectivity index (χ2n) is 10.6. The molecule has 4 aliphatic rings. The number of hydrogen-bond donors (Lipinski definition) is 2. The van der Waals surface area contributed by atoms with Gasteiger partial charge in [0.25, 0.3) is 5.91 Å². The van der Waals surface area contributed by atoms with Gasteiger partial charge in [-0.2, -0.15) is 0 Å². The summed E-state index contributed by atoms with van der Waals surface area (Å²) in [7, 11) is 0. The lowest BCUT2D eigenvalue weighted by Gasteiger charge is -2.43. The number of aryl methyl sites for hydroxylation is 2. The van der Waals surface area contributed by atoms with Gasteiger partial charge in [0.05, 0.1) is 5.92 Å². The number of amides is 2. The molecule has 2 spiro atoms. The van der Waals surface area contributed by atoms with Gasteiger partial charge >= 0.3 is 0 Å². The minimum Gasteiger partial charge on any atom is -0.325 e. The van der Waals surface area contributed by atoms with E-state index in [4.69, 9.17) is 0 Å². The molecule has 7 rings (SSSR count). The number of ketones is 1. The van der Waals surface area contributed by atoms with Gasteiger partial charge in [-0.1, -0.05) is 65.7 Å². The van der Waals surface area contributed by atoms with Gasteiger partial charge in [0.2, 0.25) is 5.91 Å². The van der Waals surface area contributed by atoms with E-state index in [2.05, 4.69) is 15.5 Å². The van der Waals surface area contributed by atoms with Crippen molar-refractivity contribution in [3.63, 3.8) is 0 Å². The van der Waals surface area contributed by atoms with Gasteiger partial charge in [0.15, 0.2) is 5.78 Å². The molecule has 4 aliphatic heterocycles. The van der Waals surface area contributed by atoms with Crippen LogP contribution in [-0.4, -0.2) is 35.1 Å². The molecule has 180 valence electrons. The lowest BCUT2D eigenvalue weighted by molar-refractivity contribution is -0.137. The molecule has 2 N–H and O–H groups in total. The molecular weight excluding hydrogens is 450 g/mol. The standard InChI is InChI=1S/C30H27N3O3/c1-17-9-12-19(13-10-17)26(34)25-24-8-5-15-33(24)30(21-16-18(2)11-14-23(21)32-28(30)36)29(25)20-6-3-4-7-22(20)31-27(29)35/h3-4,6-7,9-14,16,24-25H,5,8,15H2,1-2H3,(H,31,35)(H,32,36)/t24-,25-,29+,30+/m0/s1.